The van der Waals surface area contributed by atoms with Crippen molar-refractivity contribution in [2.75, 3.05) is 11.1 Å². The van der Waals surface area contributed by atoms with Crippen molar-refractivity contribution < 1.29 is 0 Å². The van der Waals surface area contributed by atoms with Gasteiger partial charge in [-0.1, -0.05) is 40.5 Å². The van der Waals surface area contributed by atoms with Crippen LogP contribution < -0.4 is 5.56 Å². The molecule has 0 amide bonds. The van der Waals surface area contributed by atoms with E-state index in [1.54, 1.807) is 11.8 Å². The molecule has 94 valence electrons. The van der Waals surface area contributed by atoms with Crippen LogP contribution in [0.15, 0.2) is 16.0 Å². The molecule has 1 N–H and O–H groups in total. The van der Waals surface area contributed by atoms with Gasteiger partial charge in [0.15, 0.2) is 5.16 Å². The topological polar surface area (TPSA) is 45.8 Å². The molecule has 3 nitrogen and oxygen atoms in total. The highest BCUT2D eigenvalue weighted by atomic mass is 79.9. The Balaban J connectivity index is 2.03. The SMILES string of the molecule is Cc1cc(=O)[nH]c(SCC2(CBr)CCCC2)n1. The predicted molar refractivity (Wildman–Crippen MR) is 75.0 cm³/mol. The molecule has 2 rings (SSSR count). The molecule has 1 aliphatic rings. The number of hydrogen-bond acceptors (Lipinski definition) is 3. The summed E-state index contributed by atoms with van der Waals surface area (Å²) in [5.74, 6) is 1.03. The van der Waals surface area contributed by atoms with E-state index >= 15 is 0 Å². The van der Waals surface area contributed by atoms with Gasteiger partial charge in [-0.3, -0.25) is 4.79 Å². The lowest BCUT2D eigenvalue weighted by atomic mass is 9.92. The molecule has 1 saturated carbocycles. The number of aromatic amines is 1. The summed E-state index contributed by atoms with van der Waals surface area (Å²) in [5, 5.41) is 1.80. The second-order valence-corrected chi connectivity index (χ2v) is 6.35. The van der Waals surface area contributed by atoms with Gasteiger partial charge in [-0.2, -0.15) is 0 Å². The second-order valence-electron chi connectivity index (χ2n) is 4.82. The van der Waals surface area contributed by atoms with Gasteiger partial charge in [-0.15, -0.1) is 0 Å². The van der Waals surface area contributed by atoms with Crippen molar-refractivity contribution in [1.82, 2.24) is 9.97 Å². The molecule has 0 radical (unpaired) electrons. The van der Waals surface area contributed by atoms with Gasteiger partial charge in [-0.05, 0) is 25.2 Å². The number of halogens is 1. The zero-order chi connectivity index (χ0) is 12.3. The van der Waals surface area contributed by atoms with Gasteiger partial charge in [0.1, 0.15) is 0 Å². The monoisotopic (exact) mass is 316 g/mol. The molecule has 1 aliphatic carbocycles. The number of rotatable bonds is 4. The molecular weight excluding hydrogens is 300 g/mol. The number of nitrogens with zero attached hydrogens (tertiary/aromatic N) is 1. The van der Waals surface area contributed by atoms with E-state index in [9.17, 15) is 4.79 Å². The summed E-state index contributed by atoms with van der Waals surface area (Å²) in [5.41, 5.74) is 1.13. The third-order valence-corrected chi connectivity index (χ3v) is 5.72. The number of aromatic nitrogens is 2. The molecule has 0 unspecified atom stereocenters. The van der Waals surface area contributed by atoms with Crippen LogP contribution in [0.5, 0.6) is 0 Å². The number of H-pyrrole nitrogens is 1. The highest BCUT2D eigenvalue weighted by molar-refractivity contribution is 9.09. The zero-order valence-corrected chi connectivity index (χ0v) is 12.4. The van der Waals surface area contributed by atoms with Gasteiger partial charge in [0.25, 0.3) is 5.56 Å². The lowest BCUT2D eigenvalue weighted by Gasteiger charge is -2.25. The highest BCUT2D eigenvalue weighted by Gasteiger charge is 2.32. The van der Waals surface area contributed by atoms with Crippen LogP contribution in [0.1, 0.15) is 31.4 Å². The van der Waals surface area contributed by atoms with Crippen LogP contribution >= 0.6 is 27.7 Å². The third-order valence-electron chi connectivity index (χ3n) is 3.31. The molecule has 0 spiro atoms. The predicted octanol–water partition coefficient (Wildman–Crippen LogP) is 3.13. The quantitative estimate of drug-likeness (QED) is 0.527. The summed E-state index contributed by atoms with van der Waals surface area (Å²) >= 11 is 5.30. The minimum Gasteiger partial charge on any atom is -0.301 e. The van der Waals surface area contributed by atoms with Gasteiger partial charge < -0.3 is 4.98 Å². The molecule has 5 heteroatoms. The molecule has 0 aromatic carbocycles. The Morgan fingerprint density at radius 2 is 2.24 bits per heavy atom. The number of hydrogen-bond donors (Lipinski definition) is 1. The Kier molecular flexibility index (Phi) is 4.31. The molecule has 1 aromatic rings. The number of nitrogens with one attached hydrogen (secondary N) is 1. The third kappa shape index (κ3) is 3.35. The zero-order valence-electron chi connectivity index (χ0n) is 9.96. The Labute approximate surface area is 114 Å². The lowest BCUT2D eigenvalue weighted by molar-refractivity contribution is 0.405. The minimum atomic E-state index is -0.0562. The van der Waals surface area contributed by atoms with Crippen LogP contribution in [0.4, 0.5) is 0 Å². The average molecular weight is 317 g/mol. The molecular formula is C12H17BrN2OS. The summed E-state index contributed by atoms with van der Waals surface area (Å²) in [6.45, 7) is 1.86. The first-order valence-corrected chi connectivity index (χ1v) is 8.01. The fourth-order valence-electron chi connectivity index (χ4n) is 2.28. The van der Waals surface area contributed by atoms with Crippen LogP contribution in [0, 0.1) is 12.3 Å². The van der Waals surface area contributed by atoms with Crippen molar-refractivity contribution in [3.63, 3.8) is 0 Å². The largest absolute Gasteiger partial charge is 0.301 e. The van der Waals surface area contributed by atoms with Crippen molar-refractivity contribution >= 4 is 27.7 Å². The molecule has 17 heavy (non-hydrogen) atoms. The maximum atomic E-state index is 11.3. The molecule has 0 atom stereocenters. The van der Waals surface area contributed by atoms with E-state index in [0.717, 1.165) is 21.9 Å². The summed E-state index contributed by atoms with van der Waals surface area (Å²) in [7, 11) is 0. The minimum absolute atomic E-state index is 0.0562. The van der Waals surface area contributed by atoms with Crippen molar-refractivity contribution in [3.05, 3.63) is 22.1 Å². The summed E-state index contributed by atoms with van der Waals surface area (Å²) in [4.78, 5) is 18.5. The molecule has 1 fully saturated rings. The smallest absolute Gasteiger partial charge is 0.251 e. The molecule has 1 aromatic heterocycles. The van der Waals surface area contributed by atoms with E-state index < -0.39 is 0 Å². The summed E-state index contributed by atoms with van der Waals surface area (Å²) in [6.07, 6.45) is 5.20. The highest BCUT2D eigenvalue weighted by Crippen LogP contribution is 2.42. The second kappa shape index (κ2) is 5.57. The summed E-state index contributed by atoms with van der Waals surface area (Å²) in [6, 6.07) is 1.53. The average Bonchev–Trinajstić information content (AvgIpc) is 2.74. The first kappa shape index (κ1) is 13.1. The maximum absolute atomic E-state index is 11.3. The molecule has 0 saturated heterocycles. The summed E-state index contributed by atoms with van der Waals surface area (Å²) < 4.78 is 0. The normalized spacial score (nSPS) is 18.5. The van der Waals surface area contributed by atoms with E-state index in [2.05, 4.69) is 25.9 Å². The number of thioether (sulfide) groups is 1. The maximum Gasteiger partial charge on any atom is 0.251 e. The van der Waals surface area contributed by atoms with E-state index in [1.165, 1.54) is 31.7 Å². The van der Waals surface area contributed by atoms with Crippen LogP contribution in [0.25, 0.3) is 0 Å². The standard InChI is InChI=1S/C12H17BrN2OS/c1-9-6-10(16)15-11(14-9)17-8-12(7-13)4-2-3-5-12/h6H,2-5,7-8H2,1H3,(H,14,15,16). The Morgan fingerprint density at radius 1 is 1.53 bits per heavy atom. The molecule has 0 aliphatic heterocycles. The van der Waals surface area contributed by atoms with E-state index in [4.69, 9.17) is 0 Å². The van der Waals surface area contributed by atoms with Crippen molar-refractivity contribution in [1.29, 1.82) is 0 Å². The van der Waals surface area contributed by atoms with E-state index in [1.807, 2.05) is 6.92 Å². The van der Waals surface area contributed by atoms with Crippen LogP contribution in [0.2, 0.25) is 0 Å². The van der Waals surface area contributed by atoms with Crippen LogP contribution in [0.3, 0.4) is 0 Å². The van der Waals surface area contributed by atoms with E-state index in [0.29, 0.717) is 5.41 Å². The Bertz CT molecular complexity index is 440. The molecule has 1 heterocycles. The Morgan fingerprint density at radius 3 is 2.82 bits per heavy atom. The van der Waals surface area contributed by atoms with Crippen molar-refractivity contribution in [3.8, 4) is 0 Å². The van der Waals surface area contributed by atoms with Gasteiger partial charge >= 0.3 is 0 Å². The number of alkyl halides is 1. The van der Waals surface area contributed by atoms with Gasteiger partial charge in [0.05, 0.1) is 0 Å². The Hall–Kier alpha value is -0.290. The van der Waals surface area contributed by atoms with Gasteiger partial charge in [-0.25, -0.2) is 4.98 Å². The van der Waals surface area contributed by atoms with Crippen LogP contribution in [-0.4, -0.2) is 21.1 Å². The van der Waals surface area contributed by atoms with Gasteiger partial charge in [0.2, 0.25) is 0 Å². The number of aryl methyl sites for hydroxylation is 1. The fraction of sp³-hybridized carbons (Fsp3) is 0.667. The van der Waals surface area contributed by atoms with E-state index in [-0.39, 0.29) is 5.56 Å². The molecule has 0 bridgehead atoms. The fourth-order valence-corrected chi connectivity index (χ4v) is 4.52. The lowest BCUT2D eigenvalue weighted by Crippen LogP contribution is -2.22. The van der Waals surface area contributed by atoms with Crippen molar-refractivity contribution in [2.45, 2.75) is 37.8 Å². The van der Waals surface area contributed by atoms with Crippen LogP contribution in [-0.2, 0) is 0 Å². The first-order chi connectivity index (χ1) is 8.13. The van der Waals surface area contributed by atoms with Crippen molar-refractivity contribution in [2.24, 2.45) is 5.41 Å². The van der Waals surface area contributed by atoms with Gasteiger partial charge in [0, 0.05) is 22.8 Å². The first-order valence-electron chi connectivity index (χ1n) is 5.90.